The number of esters is 4. The normalized spacial score (nSPS) is 13.2. The molecule has 0 aliphatic rings. The summed E-state index contributed by atoms with van der Waals surface area (Å²) in [6.45, 7) is 15.5. The van der Waals surface area contributed by atoms with Gasteiger partial charge in [-0.1, -0.05) is 105 Å². The summed E-state index contributed by atoms with van der Waals surface area (Å²) in [6.07, 6.45) is 17.8. The first-order chi connectivity index (χ1) is 30.2. The fraction of sp³-hybridized carbons (Fsp3) is 0.667. The molecule has 0 aliphatic carbocycles. The van der Waals surface area contributed by atoms with Crippen molar-refractivity contribution in [3.63, 3.8) is 0 Å². The van der Waals surface area contributed by atoms with Gasteiger partial charge in [0.15, 0.2) is 0 Å². The Kier molecular flexibility index (Phi) is 32.9. The molecular formula is C48H74BaO14S2. The number of carbonyl (C=O) groups excluding carboxylic acids is 4. The molecule has 0 heterocycles. The van der Waals surface area contributed by atoms with Gasteiger partial charge in [0.05, 0.1) is 56.5 Å². The zero-order chi connectivity index (χ0) is 48.3. The fourth-order valence-corrected chi connectivity index (χ4v) is 7.72. The second kappa shape index (κ2) is 34.1. The van der Waals surface area contributed by atoms with E-state index in [1.807, 2.05) is 0 Å². The van der Waals surface area contributed by atoms with E-state index >= 15 is 0 Å². The van der Waals surface area contributed by atoms with E-state index < -0.39 is 53.9 Å². The molecule has 2 rings (SSSR count). The maximum absolute atomic E-state index is 12.6. The van der Waals surface area contributed by atoms with E-state index in [4.69, 9.17) is 18.9 Å². The molecule has 2 aromatic carbocycles. The minimum absolute atomic E-state index is 0. The zero-order valence-corrected chi connectivity index (χ0v) is 46.2. The molecule has 2 aromatic rings. The number of benzene rings is 2. The van der Waals surface area contributed by atoms with Crippen LogP contribution in [0.2, 0.25) is 0 Å². The molecule has 0 saturated heterocycles. The molecule has 0 spiro atoms. The third-order valence-electron chi connectivity index (χ3n) is 10.4. The summed E-state index contributed by atoms with van der Waals surface area (Å²) in [7, 11) is -9.76. The number of hydrogen-bond acceptors (Lipinski definition) is 14. The molecular weight excluding hydrogens is 1000 g/mol. The molecule has 14 nitrogen and oxygen atoms in total. The Labute approximate surface area is 430 Å². The fourth-order valence-electron chi connectivity index (χ4n) is 6.63. The number of unbranched alkanes of at least 4 members (excludes halogenated alkanes) is 12. The van der Waals surface area contributed by atoms with Gasteiger partial charge in [-0.15, -0.1) is 0 Å². The van der Waals surface area contributed by atoms with Crippen molar-refractivity contribution in [2.75, 3.05) is 0 Å². The molecule has 0 aliphatic heterocycles. The predicted molar refractivity (Wildman–Crippen MR) is 249 cm³/mol. The Balaban J connectivity index is 0.00000124. The van der Waals surface area contributed by atoms with E-state index in [2.05, 4.69) is 27.7 Å². The molecule has 0 bridgehead atoms. The van der Waals surface area contributed by atoms with Crippen LogP contribution in [0.25, 0.3) is 0 Å². The maximum Gasteiger partial charge on any atom is 2.00 e. The number of rotatable bonds is 30. The van der Waals surface area contributed by atoms with E-state index in [0.717, 1.165) is 127 Å². The molecule has 0 amide bonds. The molecule has 0 fully saturated rings. The van der Waals surface area contributed by atoms with Crippen LogP contribution in [0, 0.1) is 0 Å². The smallest absolute Gasteiger partial charge is 0.744 e. The molecule has 0 N–H and O–H groups in total. The summed E-state index contributed by atoms with van der Waals surface area (Å²) in [5.74, 6) is -3.11. The van der Waals surface area contributed by atoms with E-state index in [0.29, 0.717) is 25.7 Å². The maximum atomic E-state index is 12.6. The van der Waals surface area contributed by atoms with E-state index in [9.17, 15) is 45.1 Å². The largest absolute Gasteiger partial charge is 2.00 e. The van der Waals surface area contributed by atoms with Gasteiger partial charge in [-0.25, -0.2) is 36.0 Å². The van der Waals surface area contributed by atoms with Gasteiger partial charge in [0, 0.05) is 0 Å². The van der Waals surface area contributed by atoms with Crippen molar-refractivity contribution >= 4 is 93.0 Å². The number of carbonyl (C=O) groups is 4. The average molecular weight is 1080 g/mol. The third-order valence-corrected chi connectivity index (χ3v) is 12.0. The number of hydrogen-bond donors (Lipinski definition) is 0. The van der Waals surface area contributed by atoms with Crippen LogP contribution in [0.15, 0.2) is 46.2 Å². The summed E-state index contributed by atoms with van der Waals surface area (Å²) >= 11 is 0. The summed E-state index contributed by atoms with van der Waals surface area (Å²) < 4.78 is 91.0. The molecule has 364 valence electrons. The molecule has 4 atom stereocenters. The minimum Gasteiger partial charge on any atom is -0.744 e. The van der Waals surface area contributed by atoms with Crippen molar-refractivity contribution in [3.8, 4) is 0 Å². The van der Waals surface area contributed by atoms with Gasteiger partial charge in [0.2, 0.25) is 0 Å². The van der Waals surface area contributed by atoms with Crippen LogP contribution in [0.3, 0.4) is 0 Å². The average Bonchev–Trinajstić information content (AvgIpc) is 3.23. The van der Waals surface area contributed by atoms with Crippen molar-refractivity contribution in [2.45, 2.75) is 218 Å². The van der Waals surface area contributed by atoms with Gasteiger partial charge in [-0.3, -0.25) is 0 Å². The van der Waals surface area contributed by atoms with Crippen LogP contribution in [-0.4, -0.2) is 123 Å². The monoisotopic (exact) mass is 1080 g/mol. The van der Waals surface area contributed by atoms with Gasteiger partial charge in [0.1, 0.15) is 20.2 Å². The second-order valence-electron chi connectivity index (χ2n) is 16.7. The van der Waals surface area contributed by atoms with Crippen LogP contribution >= 0.6 is 0 Å². The van der Waals surface area contributed by atoms with E-state index in [1.54, 1.807) is 27.7 Å². The number of ether oxygens (including phenoxy) is 4. The molecule has 65 heavy (non-hydrogen) atoms. The van der Waals surface area contributed by atoms with Crippen molar-refractivity contribution < 1.29 is 64.1 Å². The van der Waals surface area contributed by atoms with E-state index in [-0.39, 0.29) is 95.6 Å². The van der Waals surface area contributed by atoms with Crippen molar-refractivity contribution in [1.29, 1.82) is 0 Å². The van der Waals surface area contributed by atoms with Gasteiger partial charge in [0.25, 0.3) is 0 Å². The van der Waals surface area contributed by atoms with Gasteiger partial charge in [-0.2, -0.15) is 0 Å². The Bertz CT molecular complexity index is 1710. The van der Waals surface area contributed by atoms with Crippen molar-refractivity contribution in [2.24, 2.45) is 0 Å². The van der Waals surface area contributed by atoms with Crippen molar-refractivity contribution in [3.05, 3.63) is 58.7 Å². The Morgan fingerprint density at radius 1 is 0.400 bits per heavy atom. The summed E-state index contributed by atoms with van der Waals surface area (Å²) in [5.41, 5.74) is -0.649. The SMILES string of the molecule is CCCCCCC(C)OC(=O)c1cc(C(=O)OC(C)CCCCCC)cc(S(=O)(=O)[O-])c1.CCCCCCC(C)OC(=O)c1cc(C(=O)OC(C)CCCCCC)cc(S(=O)(=O)[O-])c1.[Ba+2]. The van der Waals surface area contributed by atoms with Crippen LogP contribution in [-0.2, 0) is 39.2 Å². The van der Waals surface area contributed by atoms with Gasteiger partial charge < -0.3 is 28.1 Å². The van der Waals surface area contributed by atoms with Crippen LogP contribution < -0.4 is 0 Å². The molecule has 4 unspecified atom stereocenters. The van der Waals surface area contributed by atoms with Crippen LogP contribution in [0.1, 0.15) is 225 Å². The summed E-state index contributed by atoms with van der Waals surface area (Å²) in [4.78, 5) is 48.9. The first kappa shape index (κ1) is 62.7. The first-order valence-corrected chi connectivity index (χ1v) is 26.0. The van der Waals surface area contributed by atoms with Crippen LogP contribution in [0.5, 0.6) is 0 Å². The molecule has 0 radical (unpaired) electrons. The van der Waals surface area contributed by atoms with Gasteiger partial charge in [-0.05, 0) is 115 Å². The quantitative estimate of drug-likeness (QED) is 0.0234. The molecule has 17 heteroatoms. The predicted octanol–water partition coefficient (Wildman–Crippen LogP) is 10.9. The summed E-state index contributed by atoms with van der Waals surface area (Å²) in [6, 6.07) is 6.21. The van der Waals surface area contributed by atoms with Crippen LogP contribution in [0.4, 0.5) is 0 Å². The standard InChI is InChI=1S/2C24H38O7S.Ba/c2*1-5-7-9-11-13-18(3)30-23(25)20-15-21(17-22(16-20)32(27,28)29)24(26)31-19(4)14-12-10-8-6-2;/h2*15-19H,5-14H2,1-4H3,(H,27,28,29);/q;;+2/p-2. The Hall–Kier alpha value is -2.29. The molecule has 0 aromatic heterocycles. The zero-order valence-electron chi connectivity index (χ0n) is 40.2. The first-order valence-electron chi connectivity index (χ1n) is 23.2. The Morgan fingerprint density at radius 3 is 0.769 bits per heavy atom. The molecule has 0 saturated carbocycles. The van der Waals surface area contributed by atoms with Gasteiger partial charge >= 0.3 is 72.8 Å². The third kappa shape index (κ3) is 27.3. The topological polar surface area (TPSA) is 220 Å². The second-order valence-corrected chi connectivity index (χ2v) is 19.4. The Morgan fingerprint density at radius 2 is 0.600 bits per heavy atom. The summed E-state index contributed by atoms with van der Waals surface area (Å²) in [5, 5.41) is 0. The van der Waals surface area contributed by atoms with Crippen molar-refractivity contribution in [1.82, 2.24) is 0 Å². The van der Waals surface area contributed by atoms with E-state index in [1.165, 1.54) is 12.1 Å². The minimum atomic E-state index is -4.88.